The van der Waals surface area contributed by atoms with Gasteiger partial charge in [-0.15, -0.1) is 6.42 Å². The molecule has 0 bridgehead atoms. The number of terminal acetylenes is 1. The lowest BCUT2D eigenvalue weighted by molar-refractivity contribution is -0.104. The molecule has 1 aromatic heterocycles. The Morgan fingerprint density at radius 1 is 1.41 bits per heavy atom. The predicted octanol–water partition coefficient (Wildman–Crippen LogP) is 1.43. The Morgan fingerprint density at radius 2 is 2.17 bits per heavy atom. The number of benzene rings is 1. The molecule has 29 heavy (non-hydrogen) atoms. The Morgan fingerprint density at radius 3 is 2.79 bits per heavy atom. The zero-order valence-corrected chi connectivity index (χ0v) is 16.1. The van der Waals surface area contributed by atoms with Gasteiger partial charge in [-0.25, -0.2) is 4.79 Å². The number of nitrogens with one attached hydrogen (secondary N) is 1. The number of aliphatic hydroxyl groups excluding tert-OH is 1. The third-order valence-electron chi connectivity index (χ3n) is 5.16. The van der Waals surface area contributed by atoms with Crippen LogP contribution in [0.1, 0.15) is 29.2 Å². The van der Waals surface area contributed by atoms with Crippen molar-refractivity contribution in [1.29, 1.82) is 0 Å². The minimum atomic E-state index is -0.900. The number of methoxy groups -OCH3 is 1. The fourth-order valence-electron chi connectivity index (χ4n) is 3.60. The lowest BCUT2D eigenvalue weighted by Gasteiger charge is -2.27. The summed E-state index contributed by atoms with van der Waals surface area (Å²) in [4.78, 5) is 28.8. The summed E-state index contributed by atoms with van der Waals surface area (Å²) in [6.45, 7) is -0.222. The standard InChI is InChI=1S/C21H23N3O5/c1-3-21(13-25)12-16(11-17(21)29-14-28-2)24-10-9-18(23-20(24)27)22-19(26)15-7-5-4-6-8-15/h1,4-10,16-17,25H,11-14H2,2H3,(H,22,23,26,27)/t16-,17-,21+/m0/s1. The Balaban J connectivity index is 1.77. The van der Waals surface area contributed by atoms with Crippen LogP contribution in [0.3, 0.4) is 0 Å². The Bertz CT molecular complexity index is 953. The molecule has 0 spiro atoms. The van der Waals surface area contributed by atoms with E-state index in [9.17, 15) is 14.7 Å². The first-order valence-corrected chi connectivity index (χ1v) is 9.17. The summed E-state index contributed by atoms with van der Waals surface area (Å²) in [6.07, 6.45) is 7.59. The van der Waals surface area contributed by atoms with Crippen LogP contribution in [0.2, 0.25) is 0 Å². The average molecular weight is 397 g/mol. The number of rotatable bonds is 7. The van der Waals surface area contributed by atoms with Crippen LogP contribution in [-0.2, 0) is 9.47 Å². The van der Waals surface area contributed by atoms with Crippen molar-refractivity contribution >= 4 is 11.7 Å². The number of hydrogen-bond donors (Lipinski definition) is 2. The molecule has 0 aliphatic heterocycles. The molecule has 152 valence electrons. The summed E-state index contributed by atoms with van der Waals surface area (Å²) in [5.41, 5.74) is -0.950. The molecular formula is C21H23N3O5. The molecule has 1 saturated carbocycles. The van der Waals surface area contributed by atoms with E-state index in [-0.39, 0.29) is 31.2 Å². The van der Waals surface area contributed by atoms with Crippen molar-refractivity contribution in [3.8, 4) is 12.3 Å². The SMILES string of the molecule is C#C[C@]1(CO)C[C@@H](n2ccc(NC(=O)c3ccccc3)nc2=O)C[C@@H]1OCOC. The second-order valence-electron chi connectivity index (χ2n) is 6.94. The number of aromatic nitrogens is 2. The van der Waals surface area contributed by atoms with Crippen LogP contribution in [0.25, 0.3) is 0 Å². The van der Waals surface area contributed by atoms with E-state index < -0.39 is 17.2 Å². The van der Waals surface area contributed by atoms with E-state index in [2.05, 4.69) is 16.2 Å². The van der Waals surface area contributed by atoms with Crippen molar-refractivity contribution < 1.29 is 19.4 Å². The summed E-state index contributed by atoms with van der Waals surface area (Å²) in [7, 11) is 1.50. The number of carbonyl (C=O) groups is 1. The highest BCUT2D eigenvalue weighted by molar-refractivity contribution is 6.03. The van der Waals surface area contributed by atoms with Crippen LogP contribution in [0, 0.1) is 17.8 Å². The van der Waals surface area contributed by atoms with Gasteiger partial charge < -0.3 is 19.9 Å². The van der Waals surface area contributed by atoms with Crippen LogP contribution in [0.4, 0.5) is 5.82 Å². The molecule has 0 radical (unpaired) electrons. The number of carbonyl (C=O) groups excluding carboxylic acids is 1. The number of hydrogen-bond acceptors (Lipinski definition) is 6. The van der Waals surface area contributed by atoms with Crippen molar-refractivity contribution in [2.75, 3.05) is 25.8 Å². The molecular weight excluding hydrogens is 374 g/mol. The van der Waals surface area contributed by atoms with Gasteiger partial charge in [-0.3, -0.25) is 9.36 Å². The van der Waals surface area contributed by atoms with Gasteiger partial charge in [-0.2, -0.15) is 4.98 Å². The normalized spacial score (nSPS) is 23.5. The van der Waals surface area contributed by atoms with Gasteiger partial charge in [-0.1, -0.05) is 24.1 Å². The maximum absolute atomic E-state index is 12.6. The lowest BCUT2D eigenvalue weighted by Crippen LogP contribution is -2.34. The highest BCUT2D eigenvalue weighted by atomic mass is 16.7. The van der Waals surface area contributed by atoms with Crippen LogP contribution in [0.15, 0.2) is 47.4 Å². The maximum atomic E-state index is 12.6. The van der Waals surface area contributed by atoms with E-state index in [0.29, 0.717) is 18.4 Å². The van der Waals surface area contributed by atoms with Gasteiger partial charge in [-0.05, 0) is 31.0 Å². The van der Waals surface area contributed by atoms with Gasteiger partial charge in [0.15, 0.2) is 0 Å². The summed E-state index contributed by atoms with van der Waals surface area (Å²) >= 11 is 0. The average Bonchev–Trinajstić information content (AvgIpc) is 3.11. The summed E-state index contributed by atoms with van der Waals surface area (Å²) in [5, 5.41) is 12.5. The first-order chi connectivity index (χ1) is 14.0. The highest BCUT2D eigenvalue weighted by Gasteiger charge is 2.48. The molecule has 0 saturated heterocycles. The molecule has 1 aliphatic rings. The molecule has 1 fully saturated rings. The number of aliphatic hydroxyl groups is 1. The van der Waals surface area contributed by atoms with Crippen molar-refractivity contribution in [2.24, 2.45) is 5.41 Å². The van der Waals surface area contributed by atoms with Gasteiger partial charge in [0.25, 0.3) is 5.91 Å². The van der Waals surface area contributed by atoms with Gasteiger partial charge in [0, 0.05) is 24.9 Å². The van der Waals surface area contributed by atoms with Crippen LogP contribution in [-0.4, -0.2) is 47.2 Å². The van der Waals surface area contributed by atoms with E-state index in [1.54, 1.807) is 36.5 Å². The molecule has 1 aromatic carbocycles. The summed E-state index contributed by atoms with van der Waals surface area (Å²) in [6, 6.07) is 9.92. The minimum absolute atomic E-state index is 0.0401. The molecule has 0 unspecified atom stereocenters. The Kier molecular flexibility index (Phi) is 6.44. The van der Waals surface area contributed by atoms with Gasteiger partial charge in [0.1, 0.15) is 12.6 Å². The fraction of sp³-hybridized carbons (Fsp3) is 0.381. The number of anilines is 1. The van der Waals surface area contributed by atoms with Crippen molar-refractivity contribution in [1.82, 2.24) is 9.55 Å². The number of ether oxygens (including phenoxy) is 2. The van der Waals surface area contributed by atoms with Crippen molar-refractivity contribution in [3.63, 3.8) is 0 Å². The second-order valence-corrected chi connectivity index (χ2v) is 6.94. The first-order valence-electron chi connectivity index (χ1n) is 9.17. The predicted molar refractivity (Wildman–Crippen MR) is 106 cm³/mol. The van der Waals surface area contributed by atoms with Crippen LogP contribution in [0.5, 0.6) is 0 Å². The smallest absolute Gasteiger partial charge is 0.349 e. The molecule has 8 heteroatoms. The van der Waals surface area contributed by atoms with E-state index in [1.165, 1.54) is 11.7 Å². The van der Waals surface area contributed by atoms with E-state index in [1.807, 2.05) is 6.07 Å². The third kappa shape index (κ3) is 4.38. The Labute approximate surface area is 168 Å². The first kappa shape index (κ1) is 20.7. The van der Waals surface area contributed by atoms with E-state index in [0.717, 1.165) is 0 Å². The van der Waals surface area contributed by atoms with Crippen molar-refractivity contribution in [3.05, 3.63) is 58.6 Å². The molecule has 2 aromatic rings. The summed E-state index contributed by atoms with van der Waals surface area (Å²) < 4.78 is 12.1. The quantitative estimate of drug-likeness (QED) is 0.541. The molecule has 3 atom stereocenters. The summed E-state index contributed by atoms with van der Waals surface area (Å²) in [5.74, 6) is 2.45. The lowest BCUT2D eigenvalue weighted by atomic mass is 9.86. The molecule has 1 aliphatic carbocycles. The third-order valence-corrected chi connectivity index (χ3v) is 5.16. The van der Waals surface area contributed by atoms with Gasteiger partial charge in [0.05, 0.1) is 18.1 Å². The number of amides is 1. The van der Waals surface area contributed by atoms with Crippen molar-refractivity contribution in [2.45, 2.75) is 25.0 Å². The van der Waals surface area contributed by atoms with Gasteiger partial charge >= 0.3 is 5.69 Å². The maximum Gasteiger partial charge on any atom is 0.349 e. The monoisotopic (exact) mass is 397 g/mol. The molecule has 1 heterocycles. The molecule has 2 N–H and O–H groups in total. The van der Waals surface area contributed by atoms with E-state index >= 15 is 0 Å². The zero-order valence-electron chi connectivity index (χ0n) is 16.1. The molecule has 8 nitrogen and oxygen atoms in total. The second kappa shape index (κ2) is 9.01. The number of nitrogens with zero attached hydrogens (tertiary/aromatic N) is 2. The van der Waals surface area contributed by atoms with Crippen LogP contribution >= 0.6 is 0 Å². The topological polar surface area (TPSA) is 103 Å². The Hall–Kier alpha value is -2.99. The largest absolute Gasteiger partial charge is 0.395 e. The van der Waals surface area contributed by atoms with Crippen LogP contribution < -0.4 is 11.0 Å². The molecule has 1 amide bonds. The van der Waals surface area contributed by atoms with E-state index in [4.69, 9.17) is 15.9 Å². The molecule has 3 rings (SSSR count). The zero-order chi connectivity index (χ0) is 20.9. The minimum Gasteiger partial charge on any atom is -0.395 e. The highest BCUT2D eigenvalue weighted by Crippen LogP contribution is 2.45. The van der Waals surface area contributed by atoms with Gasteiger partial charge in [0.2, 0.25) is 0 Å². The fourth-order valence-corrected chi connectivity index (χ4v) is 3.60.